The highest BCUT2D eigenvalue weighted by Gasteiger charge is 2.40. The number of rotatable bonds is 9. The lowest BCUT2D eigenvalue weighted by Gasteiger charge is -2.28. The van der Waals surface area contributed by atoms with Crippen molar-refractivity contribution in [3.05, 3.63) is 58.7 Å². The van der Waals surface area contributed by atoms with Crippen LogP contribution in [-0.4, -0.2) is 80.2 Å². The van der Waals surface area contributed by atoms with Crippen LogP contribution < -0.4 is 16.0 Å². The number of morpholine rings is 1. The molecule has 0 bridgehead atoms. The average Bonchev–Trinajstić information content (AvgIpc) is 2.92. The molecule has 1 aliphatic heterocycles. The van der Waals surface area contributed by atoms with E-state index in [0.717, 1.165) is 37.6 Å². The predicted molar refractivity (Wildman–Crippen MR) is 152 cm³/mol. The second kappa shape index (κ2) is 13.9. The van der Waals surface area contributed by atoms with Crippen LogP contribution >= 0.6 is 23.2 Å². The minimum absolute atomic E-state index is 0.361. The summed E-state index contributed by atoms with van der Waals surface area (Å²) in [6, 6.07) is 13.5. The summed E-state index contributed by atoms with van der Waals surface area (Å²) in [4.78, 5) is 41.6. The monoisotopic (exact) mass is 607 g/mol. The quantitative estimate of drug-likeness (QED) is 0.193. The van der Waals surface area contributed by atoms with Crippen molar-refractivity contribution < 1.29 is 39.5 Å². The third-order valence-corrected chi connectivity index (χ3v) is 6.44. The van der Waals surface area contributed by atoms with E-state index >= 15 is 0 Å². The van der Waals surface area contributed by atoms with Crippen molar-refractivity contribution in [2.75, 3.05) is 42.3 Å². The summed E-state index contributed by atoms with van der Waals surface area (Å²) in [5, 5.41) is 37.8. The van der Waals surface area contributed by atoms with E-state index in [-0.39, 0.29) is 0 Å². The van der Waals surface area contributed by atoms with Crippen LogP contribution in [0, 0.1) is 0 Å². The fourth-order valence-corrected chi connectivity index (χ4v) is 4.22. The van der Waals surface area contributed by atoms with E-state index in [1.807, 2.05) is 12.1 Å². The van der Waals surface area contributed by atoms with E-state index in [9.17, 15) is 14.4 Å². The number of nitrogens with two attached hydrogens (primary N) is 1. The number of aliphatic carboxylic acids is 3. The van der Waals surface area contributed by atoms with E-state index in [2.05, 4.69) is 32.3 Å². The number of nitrogens with zero attached hydrogens (tertiary/aromatic N) is 3. The number of carboxylic acid groups (broad SMARTS) is 3. The van der Waals surface area contributed by atoms with Gasteiger partial charge in [-0.2, -0.15) is 0 Å². The number of hydrogen-bond acceptors (Lipinski definition) is 10. The number of aliphatic hydroxyl groups is 1. The third kappa shape index (κ3) is 8.91. The second-order valence-corrected chi connectivity index (χ2v) is 9.68. The van der Waals surface area contributed by atoms with Crippen LogP contribution in [-0.2, 0) is 19.1 Å². The molecule has 1 fully saturated rings. The fraction of sp³-hybridized carbons (Fsp3) is 0.269. The molecule has 0 radical (unpaired) electrons. The number of carboxylic acids is 3. The second-order valence-electron chi connectivity index (χ2n) is 8.87. The van der Waals surface area contributed by atoms with Crippen molar-refractivity contribution >= 4 is 64.1 Å². The van der Waals surface area contributed by atoms with Gasteiger partial charge in [-0.3, -0.25) is 9.59 Å². The zero-order valence-electron chi connectivity index (χ0n) is 21.5. The van der Waals surface area contributed by atoms with Gasteiger partial charge in [0, 0.05) is 36.2 Å². The molecule has 41 heavy (non-hydrogen) atoms. The van der Waals surface area contributed by atoms with Gasteiger partial charge in [-0.1, -0.05) is 23.2 Å². The lowest BCUT2D eigenvalue weighted by Crippen LogP contribution is -2.42. The molecule has 7 N–H and O–H groups in total. The number of benzene rings is 2. The maximum atomic E-state index is 10.3. The van der Waals surface area contributed by atoms with Crippen molar-refractivity contribution in [1.82, 2.24) is 9.97 Å². The molecule has 13 nitrogen and oxygen atoms in total. The maximum Gasteiger partial charge on any atom is 0.336 e. The molecule has 0 aliphatic carbocycles. The molecule has 0 unspecified atom stereocenters. The molecular weight excluding hydrogens is 581 g/mol. The first-order valence-corrected chi connectivity index (χ1v) is 12.8. The van der Waals surface area contributed by atoms with E-state index < -0.39 is 36.4 Å². The summed E-state index contributed by atoms with van der Waals surface area (Å²) in [6.45, 7) is 3.34. The van der Waals surface area contributed by atoms with Gasteiger partial charge >= 0.3 is 17.9 Å². The van der Waals surface area contributed by atoms with E-state index in [1.165, 1.54) is 5.69 Å². The van der Waals surface area contributed by atoms with Crippen LogP contribution in [0.1, 0.15) is 12.8 Å². The van der Waals surface area contributed by atoms with E-state index in [0.29, 0.717) is 27.4 Å². The first-order valence-electron chi connectivity index (χ1n) is 12.0. The lowest BCUT2D eigenvalue weighted by atomic mass is 9.96. The van der Waals surface area contributed by atoms with Crippen LogP contribution in [0.25, 0.3) is 11.3 Å². The molecule has 0 atom stereocenters. The van der Waals surface area contributed by atoms with Crippen molar-refractivity contribution in [1.29, 1.82) is 0 Å². The Balaban J connectivity index is 0.000000302. The van der Waals surface area contributed by atoms with Crippen LogP contribution in [0.15, 0.2) is 48.7 Å². The summed E-state index contributed by atoms with van der Waals surface area (Å²) >= 11 is 12.3. The highest BCUT2D eigenvalue weighted by Crippen LogP contribution is 2.33. The summed E-state index contributed by atoms with van der Waals surface area (Å²) in [6.07, 6.45) is -0.603. The molecule has 3 aromatic rings. The summed E-state index contributed by atoms with van der Waals surface area (Å²) in [5.74, 6) is -4.53. The van der Waals surface area contributed by atoms with Crippen molar-refractivity contribution in [2.24, 2.45) is 0 Å². The highest BCUT2D eigenvalue weighted by molar-refractivity contribution is 6.39. The summed E-state index contributed by atoms with van der Waals surface area (Å²) < 4.78 is 5.40. The highest BCUT2D eigenvalue weighted by atomic mass is 35.5. The molecule has 1 saturated heterocycles. The normalized spacial score (nSPS) is 13.1. The maximum absolute atomic E-state index is 10.3. The standard InChI is InChI=1S/C20H19Cl2N5O.C6H8O7/c21-16-11-13(12-17(22)19(16)23)18-5-6-24-20(26-18)25-14-1-3-15(4-2-14)27-7-9-28-10-8-27;7-3(8)1-6(13,5(11)12)2-4(9)10/h1-6,11-12H,7-10,23H2,(H,24,25,26);13H,1-2H2,(H,7,8)(H,9,10)(H,11,12). The van der Waals surface area contributed by atoms with Gasteiger partial charge in [0.1, 0.15) is 0 Å². The smallest absolute Gasteiger partial charge is 0.336 e. The minimum atomic E-state index is -2.74. The third-order valence-electron chi connectivity index (χ3n) is 5.82. The molecule has 2 heterocycles. The molecular formula is C26H27Cl2N5O8. The predicted octanol–water partition coefficient (Wildman–Crippen LogP) is 3.36. The molecule has 4 rings (SSSR count). The van der Waals surface area contributed by atoms with Gasteiger partial charge in [0.2, 0.25) is 5.95 Å². The molecule has 0 spiro atoms. The fourth-order valence-electron chi connectivity index (χ4n) is 3.73. The Kier molecular flexibility index (Phi) is 10.7. The van der Waals surface area contributed by atoms with Crippen LogP contribution in [0.4, 0.5) is 23.0 Å². The Morgan fingerprint density at radius 3 is 2.05 bits per heavy atom. The van der Waals surface area contributed by atoms with Gasteiger partial charge in [0.15, 0.2) is 5.60 Å². The van der Waals surface area contributed by atoms with Crippen LogP contribution in [0.5, 0.6) is 0 Å². The number of hydrogen-bond donors (Lipinski definition) is 6. The molecule has 1 aromatic heterocycles. The molecule has 218 valence electrons. The van der Waals surface area contributed by atoms with Gasteiger partial charge < -0.3 is 41.1 Å². The number of halogens is 2. The first kappa shape index (κ1) is 31.4. The van der Waals surface area contributed by atoms with E-state index in [1.54, 1.807) is 24.4 Å². The Morgan fingerprint density at radius 2 is 1.54 bits per heavy atom. The Morgan fingerprint density at radius 1 is 0.976 bits per heavy atom. The van der Waals surface area contributed by atoms with Crippen LogP contribution in [0.2, 0.25) is 10.0 Å². The number of nitrogen functional groups attached to an aromatic ring is 1. The van der Waals surface area contributed by atoms with Crippen molar-refractivity contribution in [3.63, 3.8) is 0 Å². The number of carbonyl (C=O) groups is 3. The first-order chi connectivity index (χ1) is 19.4. The summed E-state index contributed by atoms with van der Waals surface area (Å²) in [5.41, 5.74) is 6.99. The lowest BCUT2D eigenvalue weighted by molar-refractivity contribution is -0.170. The Hall–Kier alpha value is -4.17. The number of anilines is 4. The molecule has 0 saturated carbocycles. The number of ether oxygens (including phenoxy) is 1. The van der Waals surface area contributed by atoms with Gasteiger partial charge in [-0.25, -0.2) is 14.8 Å². The van der Waals surface area contributed by atoms with E-state index in [4.69, 9.17) is 54.1 Å². The molecule has 0 amide bonds. The Bertz CT molecular complexity index is 1360. The number of aromatic nitrogens is 2. The molecule has 1 aliphatic rings. The SMILES string of the molecule is Nc1c(Cl)cc(-c2ccnc(Nc3ccc(N4CCOCC4)cc3)n2)cc1Cl.O=C(O)CC(O)(CC(=O)O)C(=O)O. The van der Waals surface area contributed by atoms with Crippen molar-refractivity contribution in [3.8, 4) is 11.3 Å². The minimum Gasteiger partial charge on any atom is -0.481 e. The van der Waals surface area contributed by atoms with Gasteiger partial charge in [-0.15, -0.1) is 0 Å². The zero-order valence-corrected chi connectivity index (χ0v) is 23.0. The average molecular weight is 608 g/mol. The van der Waals surface area contributed by atoms with Gasteiger partial charge in [0.05, 0.1) is 47.5 Å². The zero-order chi connectivity index (χ0) is 30.2. The summed E-state index contributed by atoms with van der Waals surface area (Å²) in [7, 11) is 0. The van der Waals surface area contributed by atoms with Crippen LogP contribution in [0.3, 0.4) is 0 Å². The largest absolute Gasteiger partial charge is 0.481 e. The molecule has 2 aromatic carbocycles. The van der Waals surface area contributed by atoms with Gasteiger partial charge in [0.25, 0.3) is 0 Å². The molecule has 15 heteroatoms. The van der Waals surface area contributed by atoms with Gasteiger partial charge in [-0.05, 0) is 42.5 Å². The van der Waals surface area contributed by atoms with Crippen molar-refractivity contribution in [2.45, 2.75) is 18.4 Å². The Labute approximate surface area is 244 Å². The number of nitrogens with one attached hydrogen (secondary N) is 1. The topological polar surface area (TPSA) is 208 Å².